The second-order valence-electron chi connectivity index (χ2n) is 4.31. The molecular formula is C10H17NO2. The van der Waals surface area contributed by atoms with E-state index in [0.717, 1.165) is 25.3 Å². The van der Waals surface area contributed by atoms with Crippen molar-refractivity contribution in [2.75, 3.05) is 6.54 Å². The molecule has 2 N–H and O–H groups in total. The first-order valence-electron chi connectivity index (χ1n) is 5.23. The molecule has 3 heteroatoms. The molecule has 74 valence electrons. The first-order chi connectivity index (χ1) is 6.27. The quantitative estimate of drug-likeness (QED) is 0.674. The fraction of sp³-hybridized carbons (Fsp3) is 0.900. The zero-order chi connectivity index (χ0) is 9.26. The molecule has 2 fully saturated rings. The lowest BCUT2D eigenvalue weighted by Crippen LogP contribution is -2.47. The van der Waals surface area contributed by atoms with Gasteiger partial charge in [0.15, 0.2) is 0 Å². The molecule has 0 bridgehead atoms. The van der Waals surface area contributed by atoms with Crippen molar-refractivity contribution in [2.24, 2.45) is 11.8 Å². The summed E-state index contributed by atoms with van der Waals surface area (Å²) in [6, 6.07) is 0.260. The smallest absolute Gasteiger partial charge is 0.308 e. The van der Waals surface area contributed by atoms with Gasteiger partial charge in [-0.3, -0.25) is 4.79 Å². The summed E-state index contributed by atoms with van der Waals surface area (Å²) in [5, 5.41) is 12.1. The van der Waals surface area contributed by atoms with Crippen molar-refractivity contribution in [2.45, 2.75) is 38.1 Å². The van der Waals surface area contributed by atoms with Gasteiger partial charge in [0.1, 0.15) is 0 Å². The van der Waals surface area contributed by atoms with Crippen LogP contribution < -0.4 is 5.32 Å². The van der Waals surface area contributed by atoms with Gasteiger partial charge in [0, 0.05) is 6.04 Å². The Morgan fingerprint density at radius 3 is 2.54 bits per heavy atom. The molecule has 0 amide bonds. The maximum Gasteiger partial charge on any atom is 0.308 e. The van der Waals surface area contributed by atoms with E-state index in [1.165, 1.54) is 19.3 Å². The molecule has 2 unspecified atom stereocenters. The fourth-order valence-corrected chi connectivity index (χ4v) is 1.92. The molecular weight excluding hydrogens is 166 g/mol. The van der Waals surface area contributed by atoms with Crippen LogP contribution in [-0.4, -0.2) is 23.7 Å². The number of carboxylic acids is 1. The van der Waals surface area contributed by atoms with Crippen molar-refractivity contribution < 1.29 is 9.90 Å². The van der Waals surface area contributed by atoms with Crippen LogP contribution in [0, 0.1) is 11.8 Å². The Bertz CT molecular complexity index is 201. The molecule has 0 spiro atoms. The monoisotopic (exact) mass is 183 g/mol. The lowest BCUT2D eigenvalue weighted by molar-refractivity contribution is -0.146. The van der Waals surface area contributed by atoms with Crippen LogP contribution in [0.1, 0.15) is 32.1 Å². The zero-order valence-corrected chi connectivity index (χ0v) is 7.83. The van der Waals surface area contributed by atoms with Crippen LogP contribution in [0.15, 0.2) is 0 Å². The summed E-state index contributed by atoms with van der Waals surface area (Å²) in [6.07, 6.45) is 5.91. The highest BCUT2D eigenvalue weighted by atomic mass is 16.4. The van der Waals surface area contributed by atoms with E-state index in [0.29, 0.717) is 0 Å². The van der Waals surface area contributed by atoms with E-state index in [1.54, 1.807) is 0 Å². The number of rotatable bonds is 5. The van der Waals surface area contributed by atoms with Gasteiger partial charge in [-0.2, -0.15) is 0 Å². The van der Waals surface area contributed by atoms with Gasteiger partial charge in [-0.25, -0.2) is 0 Å². The predicted octanol–water partition coefficient (Wildman–Crippen LogP) is 1.24. The van der Waals surface area contributed by atoms with Gasteiger partial charge in [-0.15, -0.1) is 0 Å². The van der Waals surface area contributed by atoms with E-state index in [4.69, 9.17) is 5.11 Å². The van der Waals surface area contributed by atoms with Crippen LogP contribution in [0.5, 0.6) is 0 Å². The van der Waals surface area contributed by atoms with Gasteiger partial charge in [-0.1, -0.05) is 12.8 Å². The highest BCUT2D eigenvalue weighted by Gasteiger charge is 2.36. The molecule has 2 aliphatic carbocycles. The van der Waals surface area contributed by atoms with Crippen LogP contribution in [0.3, 0.4) is 0 Å². The highest BCUT2D eigenvalue weighted by molar-refractivity contribution is 5.72. The number of nitrogens with one attached hydrogen (secondary N) is 1. The number of carboxylic acid groups (broad SMARTS) is 1. The van der Waals surface area contributed by atoms with E-state index >= 15 is 0 Å². The van der Waals surface area contributed by atoms with Crippen molar-refractivity contribution in [3.63, 3.8) is 0 Å². The Morgan fingerprint density at radius 2 is 2.08 bits per heavy atom. The second-order valence-corrected chi connectivity index (χ2v) is 4.31. The van der Waals surface area contributed by atoms with Gasteiger partial charge in [0.05, 0.1) is 5.92 Å². The Morgan fingerprint density at radius 1 is 1.31 bits per heavy atom. The van der Waals surface area contributed by atoms with Gasteiger partial charge in [0.25, 0.3) is 0 Å². The minimum Gasteiger partial charge on any atom is -0.481 e. The van der Waals surface area contributed by atoms with Gasteiger partial charge >= 0.3 is 5.97 Å². The first kappa shape index (κ1) is 9.00. The molecule has 0 aliphatic heterocycles. The van der Waals surface area contributed by atoms with Crippen molar-refractivity contribution >= 4 is 5.97 Å². The van der Waals surface area contributed by atoms with Crippen LogP contribution >= 0.6 is 0 Å². The van der Waals surface area contributed by atoms with Crippen LogP contribution in [-0.2, 0) is 4.79 Å². The van der Waals surface area contributed by atoms with Crippen molar-refractivity contribution in [3.8, 4) is 0 Å². The minimum atomic E-state index is -0.629. The maximum atomic E-state index is 10.7. The summed E-state index contributed by atoms with van der Waals surface area (Å²) in [6.45, 7) is 1.01. The Balaban J connectivity index is 1.61. The molecule has 3 nitrogen and oxygen atoms in total. The Kier molecular flexibility index (Phi) is 2.54. The first-order valence-corrected chi connectivity index (χ1v) is 5.23. The van der Waals surface area contributed by atoms with Crippen molar-refractivity contribution in [1.29, 1.82) is 0 Å². The molecule has 2 saturated carbocycles. The molecule has 0 radical (unpaired) electrons. The third kappa shape index (κ3) is 2.21. The molecule has 0 aromatic carbocycles. The number of carbonyl (C=O) groups is 1. The standard InChI is InChI=1S/C10H17NO2/c12-10(13)8-3-4-9(8)11-6-5-7-1-2-7/h7-9,11H,1-6H2,(H,12,13). The SMILES string of the molecule is O=C(O)C1CCC1NCCC1CC1. The second kappa shape index (κ2) is 3.66. The summed E-state index contributed by atoms with van der Waals surface area (Å²) in [4.78, 5) is 10.7. The van der Waals surface area contributed by atoms with Gasteiger partial charge in [-0.05, 0) is 31.7 Å². The summed E-state index contributed by atoms with van der Waals surface area (Å²) in [7, 11) is 0. The average Bonchev–Trinajstić information content (AvgIpc) is 2.77. The van der Waals surface area contributed by atoms with Gasteiger partial charge < -0.3 is 10.4 Å². The van der Waals surface area contributed by atoms with E-state index in [1.807, 2.05) is 0 Å². The largest absolute Gasteiger partial charge is 0.481 e. The summed E-state index contributed by atoms with van der Waals surface area (Å²) >= 11 is 0. The van der Waals surface area contributed by atoms with Crippen LogP contribution in [0.2, 0.25) is 0 Å². The lowest BCUT2D eigenvalue weighted by atomic mass is 9.79. The van der Waals surface area contributed by atoms with Gasteiger partial charge in [0.2, 0.25) is 0 Å². The highest BCUT2D eigenvalue weighted by Crippen LogP contribution is 2.32. The molecule has 2 atom stereocenters. The summed E-state index contributed by atoms with van der Waals surface area (Å²) in [5.74, 6) is 0.199. The third-order valence-electron chi connectivity index (χ3n) is 3.25. The Hall–Kier alpha value is -0.570. The van der Waals surface area contributed by atoms with E-state index < -0.39 is 5.97 Å². The van der Waals surface area contributed by atoms with Crippen molar-refractivity contribution in [1.82, 2.24) is 5.32 Å². The summed E-state index contributed by atoms with van der Waals surface area (Å²) in [5.41, 5.74) is 0. The molecule has 0 saturated heterocycles. The molecule has 13 heavy (non-hydrogen) atoms. The number of hydrogen-bond donors (Lipinski definition) is 2. The molecule has 0 aromatic heterocycles. The van der Waals surface area contributed by atoms with E-state index in [9.17, 15) is 4.79 Å². The van der Waals surface area contributed by atoms with E-state index in [-0.39, 0.29) is 12.0 Å². The lowest BCUT2D eigenvalue weighted by Gasteiger charge is -2.34. The topological polar surface area (TPSA) is 49.3 Å². The normalized spacial score (nSPS) is 32.6. The van der Waals surface area contributed by atoms with Crippen molar-refractivity contribution in [3.05, 3.63) is 0 Å². The Labute approximate surface area is 78.5 Å². The fourth-order valence-electron chi connectivity index (χ4n) is 1.92. The molecule has 0 heterocycles. The minimum absolute atomic E-state index is 0.112. The van der Waals surface area contributed by atoms with Crippen LogP contribution in [0.25, 0.3) is 0 Å². The summed E-state index contributed by atoms with van der Waals surface area (Å²) < 4.78 is 0. The predicted molar refractivity (Wildman–Crippen MR) is 49.5 cm³/mol. The molecule has 2 rings (SSSR count). The third-order valence-corrected chi connectivity index (χ3v) is 3.25. The average molecular weight is 183 g/mol. The number of hydrogen-bond acceptors (Lipinski definition) is 2. The maximum absolute atomic E-state index is 10.7. The van der Waals surface area contributed by atoms with E-state index in [2.05, 4.69) is 5.32 Å². The number of aliphatic carboxylic acids is 1. The molecule has 2 aliphatic rings. The zero-order valence-electron chi connectivity index (χ0n) is 7.83. The molecule has 0 aromatic rings. The van der Waals surface area contributed by atoms with Crippen LogP contribution in [0.4, 0.5) is 0 Å².